The first-order valence-corrected chi connectivity index (χ1v) is 4.32. The van der Waals surface area contributed by atoms with Crippen molar-refractivity contribution in [2.45, 2.75) is 26.4 Å². The van der Waals surface area contributed by atoms with Crippen LogP contribution in [0.4, 0.5) is 0 Å². The van der Waals surface area contributed by atoms with Crippen molar-refractivity contribution in [2.75, 3.05) is 13.2 Å². The largest absolute Gasteiger partial charge is 0.466 e. The monoisotopic (exact) mass is 205 g/mol. The van der Waals surface area contributed by atoms with E-state index in [0.717, 1.165) is 0 Å². The van der Waals surface area contributed by atoms with E-state index >= 15 is 0 Å². The molecule has 0 heterocycles. The summed E-state index contributed by atoms with van der Waals surface area (Å²) in [7, 11) is 0. The third-order valence-corrected chi connectivity index (χ3v) is 2.02. The van der Waals surface area contributed by atoms with Crippen molar-refractivity contribution in [3.05, 3.63) is 10.1 Å². The molecule has 1 N–H and O–H groups in total. The van der Waals surface area contributed by atoms with E-state index in [1.165, 1.54) is 13.8 Å². The average molecular weight is 205 g/mol. The molecule has 0 rings (SSSR count). The van der Waals surface area contributed by atoms with E-state index in [2.05, 4.69) is 4.74 Å². The molecule has 6 heteroatoms. The molecule has 0 aromatic carbocycles. The van der Waals surface area contributed by atoms with Gasteiger partial charge >= 0.3 is 5.97 Å². The van der Waals surface area contributed by atoms with Gasteiger partial charge in [-0.05, 0) is 20.8 Å². The van der Waals surface area contributed by atoms with E-state index in [1.807, 2.05) is 0 Å². The summed E-state index contributed by atoms with van der Waals surface area (Å²) in [6.45, 7) is 3.80. The topological polar surface area (TPSA) is 89.7 Å². The fourth-order valence-corrected chi connectivity index (χ4v) is 0.919. The van der Waals surface area contributed by atoms with Crippen molar-refractivity contribution in [1.82, 2.24) is 0 Å². The van der Waals surface area contributed by atoms with Crippen LogP contribution in [0.2, 0.25) is 0 Å². The highest BCUT2D eigenvalue weighted by atomic mass is 16.6. The molecule has 0 aliphatic rings. The van der Waals surface area contributed by atoms with E-state index < -0.39 is 29.0 Å². The third-order valence-electron chi connectivity index (χ3n) is 2.02. The highest BCUT2D eigenvalue weighted by Crippen LogP contribution is 2.18. The van der Waals surface area contributed by atoms with Gasteiger partial charge in [0.15, 0.2) is 0 Å². The van der Waals surface area contributed by atoms with Crippen LogP contribution in [0.25, 0.3) is 0 Å². The number of hydrogen-bond donors (Lipinski definition) is 1. The zero-order valence-corrected chi connectivity index (χ0v) is 8.52. The SMILES string of the molecule is CCOC(=O)[C@@H](C)[C@@](C)(O)C[N+](=O)[O-]. The van der Waals surface area contributed by atoms with Crippen LogP contribution in [0.5, 0.6) is 0 Å². The summed E-state index contributed by atoms with van der Waals surface area (Å²) in [6.07, 6.45) is 0. The van der Waals surface area contributed by atoms with Gasteiger partial charge in [-0.25, -0.2) is 0 Å². The fourth-order valence-electron chi connectivity index (χ4n) is 0.919. The summed E-state index contributed by atoms with van der Waals surface area (Å²) in [5.74, 6) is -1.53. The fraction of sp³-hybridized carbons (Fsp3) is 0.875. The predicted octanol–water partition coefficient (Wildman–Crippen LogP) is 0.213. The molecular weight excluding hydrogens is 190 g/mol. The minimum absolute atomic E-state index is 0.192. The van der Waals surface area contributed by atoms with Gasteiger partial charge in [0.1, 0.15) is 5.60 Å². The Morgan fingerprint density at radius 3 is 2.57 bits per heavy atom. The zero-order valence-electron chi connectivity index (χ0n) is 8.52. The lowest BCUT2D eigenvalue weighted by Gasteiger charge is -2.24. The normalized spacial score (nSPS) is 16.9. The van der Waals surface area contributed by atoms with Gasteiger partial charge in [0.05, 0.1) is 12.5 Å². The summed E-state index contributed by atoms with van der Waals surface area (Å²) in [4.78, 5) is 20.7. The molecule has 0 unspecified atom stereocenters. The third kappa shape index (κ3) is 3.69. The Bertz CT molecular complexity index is 226. The summed E-state index contributed by atoms with van der Waals surface area (Å²) in [5, 5.41) is 19.8. The van der Waals surface area contributed by atoms with Crippen molar-refractivity contribution < 1.29 is 19.6 Å². The molecule has 0 radical (unpaired) electrons. The van der Waals surface area contributed by atoms with Gasteiger partial charge in [-0.1, -0.05) is 0 Å². The number of nitro groups is 1. The number of nitrogens with zero attached hydrogens (tertiary/aromatic N) is 1. The maximum Gasteiger partial charge on any atom is 0.311 e. The predicted molar refractivity (Wildman–Crippen MR) is 48.3 cm³/mol. The number of carbonyl (C=O) groups excluding carboxylic acids is 1. The lowest BCUT2D eigenvalue weighted by molar-refractivity contribution is -0.501. The molecule has 0 aliphatic carbocycles. The van der Waals surface area contributed by atoms with Crippen LogP contribution >= 0.6 is 0 Å². The van der Waals surface area contributed by atoms with Crippen molar-refractivity contribution in [3.63, 3.8) is 0 Å². The maximum absolute atomic E-state index is 11.2. The van der Waals surface area contributed by atoms with E-state index in [9.17, 15) is 20.0 Å². The molecule has 0 bridgehead atoms. The van der Waals surface area contributed by atoms with Crippen molar-refractivity contribution in [1.29, 1.82) is 0 Å². The minimum Gasteiger partial charge on any atom is -0.466 e. The highest BCUT2D eigenvalue weighted by Gasteiger charge is 2.39. The lowest BCUT2D eigenvalue weighted by atomic mass is 9.91. The number of ether oxygens (including phenoxy) is 1. The lowest BCUT2D eigenvalue weighted by Crippen LogP contribution is -2.44. The van der Waals surface area contributed by atoms with Crippen molar-refractivity contribution in [2.24, 2.45) is 5.92 Å². The number of esters is 1. The molecule has 0 saturated carbocycles. The van der Waals surface area contributed by atoms with E-state index in [1.54, 1.807) is 6.92 Å². The van der Waals surface area contributed by atoms with Gasteiger partial charge in [0, 0.05) is 4.92 Å². The number of aliphatic hydroxyl groups is 1. The van der Waals surface area contributed by atoms with Crippen LogP contribution in [0, 0.1) is 16.0 Å². The second-order valence-corrected chi connectivity index (χ2v) is 3.32. The number of rotatable bonds is 5. The van der Waals surface area contributed by atoms with E-state index in [0.29, 0.717) is 0 Å². The Kier molecular flexibility index (Phi) is 4.49. The van der Waals surface area contributed by atoms with E-state index in [-0.39, 0.29) is 6.61 Å². The van der Waals surface area contributed by atoms with Gasteiger partial charge in [-0.2, -0.15) is 0 Å². The Morgan fingerprint density at radius 2 is 2.21 bits per heavy atom. The second-order valence-electron chi connectivity index (χ2n) is 3.32. The minimum atomic E-state index is -1.67. The summed E-state index contributed by atoms with van der Waals surface area (Å²) in [5.41, 5.74) is -1.67. The molecule has 0 amide bonds. The first-order chi connectivity index (χ1) is 6.31. The Balaban J connectivity index is 4.40. The Labute approximate surface area is 82.0 Å². The van der Waals surface area contributed by atoms with Crippen molar-refractivity contribution in [3.8, 4) is 0 Å². The van der Waals surface area contributed by atoms with Crippen LogP contribution in [0.15, 0.2) is 0 Å². The Hall–Kier alpha value is -1.17. The molecule has 6 nitrogen and oxygen atoms in total. The summed E-state index contributed by atoms with van der Waals surface area (Å²) in [6, 6.07) is 0. The molecule has 0 aromatic rings. The van der Waals surface area contributed by atoms with Crippen molar-refractivity contribution >= 4 is 5.97 Å². The van der Waals surface area contributed by atoms with Crippen LogP contribution < -0.4 is 0 Å². The quantitative estimate of drug-likeness (QED) is 0.393. The average Bonchev–Trinajstić information content (AvgIpc) is 2.01. The van der Waals surface area contributed by atoms with Gasteiger partial charge in [-0.3, -0.25) is 14.9 Å². The smallest absolute Gasteiger partial charge is 0.311 e. The molecule has 0 aliphatic heterocycles. The number of hydrogen-bond acceptors (Lipinski definition) is 5. The van der Waals surface area contributed by atoms with Gasteiger partial charge in [-0.15, -0.1) is 0 Å². The summed E-state index contributed by atoms with van der Waals surface area (Å²) >= 11 is 0. The van der Waals surface area contributed by atoms with Crippen LogP contribution in [0.3, 0.4) is 0 Å². The van der Waals surface area contributed by atoms with Gasteiger partial charge < -0.3 is 9.84 Å². The van der Waals surface area contributed by atoms with Gasteiger partial charge in [0.2, 0.25) is 6.54 Å². The molecule has 0 fully saturated rings. The van der Waals surface area contributed by atoms with Crippen LogP contribution in [-0.4, -0.2) is 34.8 Å². The molecule has 82 valence electrons. The molecular formula is C8H15NO5. The zero-order chi connectivity index (χ0) is 11.4. The molecule has 0 aromatic heterocycles. The maximum atomic E-state index is 11.2. The first-order valence-electron chi connectivity index (χ1n) is 4.32. The van der Waals surface area contributed by atoms with Crippen LogP contribution in [0.1, 0.15) is 20.8 Å². The summed E-state index contributed by atoms with van der Waals surface area (Å²) < 4.78 is 4.65. The standard InChI is InChI=1S/C8H15NO5/c1-4-14-7(10)6(2)8(3,11)5-9(12)13/h6,11H,4-5H2,1-3H3/t6-,8+/m1/s1. The molecule has 0 spiro atoms. The highest BCUT2D eigenvalue weighted by molar-refractivity contribution is 5.73. The molecule has 14 heavy (non-hydrogen) atoms. The van der Waals surface area contributed by atoms with Crippen LogP contribution in [-0.2, 0) is 9.53 Å². The van der Waals surface area contributed by atoms with Gasteiger partial charge in [0.25, 0.3) is 0 Å². The molecule has 2 atom stereocenters. The second kappa shape index (κ2) is 4.90. The van der Waals surface area contributed by atoms with E-state index in [4.69, 9.17) is 0 Å². The Morgan fingerprint density at radius 1 is 1.71 bits per heavy atom. The first kappa shape index (κ1) is 12.8. The number of carbonyl (C=O) groups is 1. The molecule has 0 saturated heterocycles.